The number of nitrogens with one attached hydrogen (secondary N) is 2. The normalized spacial score (nSPS) is 12.3. The third-order valence-electron chi connectivity index (χ3n) is 3.09. The third-order valence-corrected chi connectivity index (χ3v) is 4.49. The van der Waals surface area contributed by atoms with E-state index < -0.39 is 15.9 Å². The van der Waals surface area contributed by atoms with Gasteiger partial charge in [-0.05, 0) is 37.3 Å². The van der Waals surface area contributed by atoms with Crippen LogP contribution < -0.4 is 10.0 Å². The lowest BCUT2D eigenvalue weighted by molar-refractivity contribution is 0.0935. The van der Waals surface area contributed by atoms with Crippen LogP contribution in [0.15, 0.2) is 52.0 Å². The van der Waals surface area contributed by atoms with Gasteiger partial charge in [-0.3, -0.25) is 4.79 Å². The molecule has 0 saturated carbocycles. The molecule has 2 rings (SSSR count). The van der Waals surface area contributed by atoms with Crippen molar-refractivity contribution in [2.75, 3.05) is 6.54 Å². The maximum atomic E-state index is 12.2. The number of hydrogen-bond donors (Lipinski definition) is 2. The highest BCUT2D eigenvalue weighted by atomic mass is 32.2. The zero-order valence-corrected chi connectivity index (χ0v) is 13.3. The van der Waals surface area contributed by atoms with Gasteiger partial charge in [0.25, 0.3) is 5.91 Å². The Morgan fingerprint density at radius 3 is 2.78 bits per heavy atom. The molecule has 7 heteroatoms. The van der Waals surface area contributed by atoms with Crippen LogP contribution in [0.5, 0.6) is 0 Å². The Labute approximate surface area is 134 Å². The fourth-order valence-electron chi connectivity index (χ4n) is 1.91. The van der Waals surface area contributed by atoms with Crippen LogP contribution in [0.3, 0.4) is 0 Å². The molecular weight excluding hydrogens is 316 g/mol. The Morgan fingerprint density at radius 1 is 1.35 bits per heavy atom. The van der Waals surface area contributed by atoms with E-state index in [1.165, 1.54) is 30.5 Å². The fourth-order valence-corrected chi connectivity index (χ4v) is 2.89. The summed E-state index contributed by atoms with van der Waals surface area (Å²) in [4.78, 5) is 12.2. The summed E-state index contributed by atoms with van der Waals surface area (Å²) in [5.41, 5.74) is 0.229. The van der Waals surface area contributed by atoms with Gasteiger partial charge >= 0.3 is 0 Å². The van der Waals surface area contributed by atoms with Crippen molar-refractivity contribution >= 4 is 15.9 Å². The van der Waals surface area contributed by atoms with Crippen LogP contribution >= 0.6 is 0 Å². The van der Waals surface area contributed by atoms with Crippen molar-refractivity contribution in [3.05, 3.63) is 54.0 Å². The van der Waals surface area contributed by atoms with Crippen LogP contribution in [0, 0.1) is 12.3 Å². The molecule has 0 spiro atoms. The first-order chi connectivity index (χ1) is 10.9. The number of rotatable bonds is 6. The van der Waals surface area contributed by atoms with Gasteiger partial charge in [-0.15, -0.1) is 6.42 Å². The van der Waals surface area contributed by atoms with E-state index in [9.17, 15) is 13.2 Å². The van der Waals surface area contributed by atoms with E-state index in [0.29, 0.717) is 5.76 Å². The van der Waals surface area contributed by atoms with Crippen LogP contribution in [0.2, 0.25) is 0 Å². The first-order valence-corrected chi connectivity index (χ1v) is 8.30. The zero-order chi connectivity index (χ0) is 16.9. The second-order valence-electron chi connectivity index (χ2n) is 4.77. The molecule has 1 amide bonds. The van der Waals surface area contributed by atoms with Crippen molar-refractivity contribution in [1.29, 1.82) is 0 Å². The summed E-state index contributed by atoms with van der Waals surface area (Å²) < 4.78 is 31.5. The summed E-state index contributed by atoms with van der Waals surface area (Å²) in [6, 6.07) is 8.85. The molecule has 1 aromatic carbocycles. The molecule has 1 unspecified atom stereocenters. The summed E-state index contributed by atoms with van der Waals surface area (Å²) in [7, 11) is -3.74. The van der Waals surface area contributed by atoms with Crippen LogP contribution in [0.1, 0.15) is 29.1 Å². The summed E-state index contributed by atoms with van der Waals surface area (Å²) in [5.74, 6) is 2.40. The number of amides is 1. The van der Waals surface area contributed by atoms with Gasteiger partial charge in [-0.1, -0.05) is 12.0 Å². The SMILES string of the molecule is C#CCNS(=O)(=O)c1cccc(C(=O)NC(C)c2ccco2)c1. The topological polar surface area (TPSA) is 88.4 Å². The van der Waals surface area contributed by atoms with E-state index in [0.717, 1.165) is 0 Å². The molecule has 120 valence electrons. The van der Waals surface area contributed by atoms with E-state index >= 15 is 0 Å². The Balaban J connectivity index is 2.16. The number of sulfonamides is 1. The van der Waals surface area contributed by atoms with E-state index in [1.807, 2.05) is 0 Å². The molecule has 1 heterocycles. The first-order valence-electron chi connectivity index (χ1n) is 6.81. The summed E-state index contributed by atoms with van der Waals surface area (Å²) in [5, 5.41) is 2.74. The van der Waals surface area contributed by atoms with Gasteiger partial charge < -0.3 is 9.73 Å². The molecular formula is C16H16N2O4S. The lowest BCUT2D eigenvalue weighted by atomic mass is 10.2. The Morgan fingerprint density at radius 2 is 2.13 bits per heavy atom. The van der Waals surface area contributed by atoms with Crippen LogP contribution in [0.4, 0.5) is 0 Å². The van der Waals surface area contributed by atoms with Crippen molar-refractivity contribution in [3.63, 3.8) is 0 Å². The molecule has 0 saturated heterocycles. The predicted molar refractivity (Wildman–Crippen MR) is 85.1 cm³/mol. The summed E-state index contributed by atoms with van der Waals surface area (Å²) >= 11 is 0. The monoisotopic (exact) mass is 332 g/mol. The van der Waals surface area contributed by atoms with E-state index in [4.69, 9.17) is 10.8 Å². The minimum absolute atomic E-state index is 0.0222. The molecule has 0 aliphatic heterocycles. The van der Waals surface area contributed by atoms with Crippen molar-refractivity contribution in [2.45, 2.75) is 17.9 Å². The van der Waals surface area contributed by atoms with Gasteiger partial charge in [-0.25, -0.2) is 8.42 Å². The molecule has 1 atom stereocenters. The number of furan rings is 1. The van der Waals surface area contributed by atoms with Gasteiger partial charge in [0.05, 0.1) is 23.7 Å². The van der Waals surface area contributed by atoms with Gasteiger partial charge in [0.2, 0.25) is 10.0 Å². The fraction of sp³-hybridized carbons (Fsp3) is 0.188. The zero-order valence-electron chi connectivity index (χ0n) is 12.4. The highest BCUT2D eigenvalue weighted by molar-refractivity contribution is 7.89. The van der Waals surface area contributed by atoms with E-state index in [2.05, 4.69) is 16.0 Å². The van der Waals surface area contributed by atoms with Gasteiger partial charge in [0.1, 0.15) is 5.76 Å². The van der Waals surface area contributed by atoms with Gasteiger partial charge in [0, 0.05) is 5.56 Å². The van der Waals surface area contributed by atoms with E-state index in [1.54, 1.807) is 19.1 Å². The standard InChI is InChI=1S/C16H16N2O4S/c1-3-9-17-23(20,21)14-7-4-6-13(11-14)16(19)18-12(2)15-8-5-10-22-15/h1,4-8,10-12,17H,9H2,2H3,(H,18,19). The van der Waals surface area contributed by atoms with Crippen molar-refractivity contribution < 1.29 is 17.6 Å². The van der Waals surface area contributed by atoms with Crippen molar-refractivity contribution in [2.24, 2.45) is 0 Å². The molecule has 0 fully saturated rings. The molecule has 0 aliphatic carbocycles. The number of benzene rings is 1. The maximum Gasteiger partial charge on any atom is 0.251 e. The molecule has 2 aromatic rings. The Bertz CT molecular complexity index is 820. The van der Waals surface area contributed by atoms with Crippen molar-refractivity contribution in [3.8, 4) is 12.3 Å². The maximum absolute atomic E-state index is 12.2. The predicted octanol–water partition coefficient (Wildman–Crippen LogP) is 1.68. The number of terminal acetylenes is 1. The van der Waals surface area contributed by atoms with Gasteiger partial charge in [0.15, 0.2) is 0 Å². The van der Waals surface area contributed by atoms with Gasteiger partial charge in [-0.2, -0.15) is 4.72 Å². The molecule has 1 aromatic heterocycles. The molecule has 0 bridgehead atoms. The van der Waals surface area contributed by atoms with Crippen LogP contribution in [-0.4, -0.2) is 20.9 Å². The third kappa shape index (κ3) is 4.22. The van der Waals surface area contributed by atoms with E-state index in [-0.39, 0.29) is 23.0 Å². The quantitative estimate of drug-likeness (QED) is 0.788. The van der Waals surface area contributed by atoms with Crippen LogP contribution in [-0.2, 0) is 10.0 Å². The number of hydrogen-bond acceptors (Lipinski definition) is 4. The number of carbonyl (C=O) groups excluding carboxylic acids is 1. The Kier molecular flexibility index (Phi) is 5.21. The van der Waals surface area contributed by atoms with Crippen molar-refractivity contribution in [1.82, 2.24) is 10.0 Å². The number of carbonyl (C=O) groups is 1. The minimum Gasteiger partial charge on any atom is -0.467 e. The minimum atomic E-state index is -3.74. The highest BCUT2D eigenvalue weighted by Gasteiger charge is 2.17. The first kappa shape index (κ1) is 16.8. The molecule has 23 heavy (non-hydrogen) atoms. The molecule has 2 N–H and O–H groups in total. The van der Waals surface area contributed by atoms with Crippen LogP contribution in [0.25, 0.3) is 0 Å². The summed E-state index contributed by atoms with van der Waals surface area (Å²) in [6.07, 6.45) is 6.56. The highest BCUT2D eigenvalue weighted by Crippen LogP contribution is 2.15. The molecule has 0 aliphatic rings. The molecule has 0 radical (unpaired) electrons. The second-order valence-corrected chi connectivity index (χ2v) is 6.53. The Hall–Kier alpha value is -2.56. The lowest BCUT2D eigenvalue weighted by Gasteiger charge is -2.12. The smallest absolute Gasteiger partial charge is 0.251 e. The second kappa shape index (κ2) is 7.13. The lowest BCUT2D eigenvalue weighted by Crippen LogP contribution is -2.27. The average molecular weight is 332 g/mol. The average Bonchev–Trinajstić information content (AvgIpc) is 3.07. The largest absolute Gasteiger partial charge is 0.467 e. The molecule has 6 nitrogen and oxygen atoms in total. The summed E-state index contributed by atoms with van der Waals surface area (Å²) in [6.45, 7) is 1.65.